The minimum absolute atomic E-state index is 0.825. The van der Waals surface area contributed by atoms with Crippen LogP contribution in [0.15, 0.2) is 17.0 Å². The Labute approximate surface area is 111 Å². The Morgan fingerprint density at radius 3 is 2.65 bits per heavy atom. The van der Waals surface area contributed by atoms with Crippen LogP contribution in [0.25, 0.3) is 0 Å². The van der Waals surface area contributed by atoms with Gasteiger partial charge < -0.3 is 9.80 Å². The second-order valence-corrected chi connectivity index (χ2v) is 5.70. The van der Waals surface area contributed by atoms with E-state index >= 15 is 0 Å². The molecule has 0 bridgehead atoms. The molecule has 0 N–H and O–H groups in total. The van der Waals surface area contributed by atoms with Gasteiger partial charge in [0.1, 0.15) is 16.7 Å². The molecule has 0 saturated carbocycles. The monoisotopic (exact) mass is 298 g/mol. The minimum Gasteiger partial charge on any atom is -0.356 e. The first-order valence-electron chi connectivity index (χ1n) is 6.02. The van der Waals surface area contributed by atoms with Crippen LogP contribution in [-0.4, -0.2) is 48.6 Å². The number of piperidine rings is 1. The van der Waals surface area contributed by atoms with E-state index in [1.807, 2.05) is 6.07 Å². The van der Waals surface area contributed by atoms with Gasteiger partial charge in [0.2, 0.25) is 0 Å². The van der Waals surface area contributed by atoms with Crippen LogP contribution in [0.2, 0.25) is 0 Å². The Hall–Kier alpha value is -0.680. The SMILES string of the molecule is CN(C)CC1CCN(c2cc(Br)ncn2)CC1. The summed E-state index contributed by atoms with van der Waals surface area (Å²) in [5.41, 5.74) is 0. The van der Waals surface area contributed by atoms with Crippen molar-refractivity contribution in [3.63, 3.8) is 0 Å². The molecule has 0 spiro atoms. The lowest BCUT2D eigenvalue weighted by Crippen LogP contribution is -2.37. The number of nitrogens with zero attached hydrogens (tertiary/aromatic N) is 4. The molecular formula is C12H19BrN4. The van der Waals surface area contributed by atoms with E-state index in [0.717, 1.165) is 29.4 Å². The summed E-state index contributed by atoms with van der Waals surface area (Å²) in [5, 5.41) is 0. The van der Waals surface area contributed by atoms with Crippen molar-refractivity contribution < 1.29 is 0 Å². The molecule has 0 radical (unpaired) electrons. The molecule has 94 valence electrons. The molecule has 17 heavy (non-hydrogen) atoms. The lowest BCUT2D eigenvalue weighted by atomic mass is 9.96. The lowest BCUT2D eigenvalue weighted by molar-refractivity contribution is 0.284. The maximum Gasteiger partial charge on any atom is 0.133 e. The van der Waals surface area contributed by atoms with Gasteiger partial charge in [0, 0.05) is 25.7 Å². The summed E-state index contributed by atoms with van der Waals surface area (Å²) < 4.78 is 0.859. The zero-order valence-corrected chi connectivity index (χ0v) is 12.0. The van der Waals surface area contributed by atoms with Crippen LogP contribution < -0.4 is 4.90 Å². The minimum atomic E-state index is 0.825. The first-order valence-corrected chi connectivity index (χ1v) is 6.81. The van der Waals surface area contributed by atoms with Crippen molar-refractivity contribution in [1.82, 2.24) is 14.9 Å². The lowest BCUT2D eigenvalue weighted by Gasteiger charge is -2.33. The molecule has 0 aliphatic carbocycles. The van der Waals surface area contributed by atoms with Crippen molar-refractivity contribution in [2.75, 3.05) is 38.6 Å². The molecule has 4 nitrogen and oxygen atoms in total. The average molecular weight is 299 g/mol. The highest BCUT2D eigenvalue weighted by Gasteiger charge is 2.20. The molecule has 2 heterocycles. The predicted octanol–water partition coefficient (Wildman–Crippen LogP) is 2.02. The van der Waals surface area contributed by atoms with Gasteiger partial charge >= 0.3 is 0 Å². The topological polar surface area (TPSA) is 32.3 Å². The molecule has 1 aliphatic rings. The number of anilines is 1. The fourth-order valence-corrected chi connectivity index (χ4v) is 2.65. The first kappa shape index (κ1) is 12.8. The summed E-state index contributed by atoms with van der Waals surface area (Å²) in [5.74, 6) is 1.86. The number of aromatic nitrogens is 2. The Balaban J connectivity index is 1.91. The van der Waals surface area contributed by atoms with E-state index in [0.29, 0.717) is 0 Å². The van der Waals surface area contributed by atoms with Gasteiger partial charge in [-0.1, -0.05) is 0 Å². The largest absolute Gasteiger partial charge is 0.356 e. The average Bonchev–Trinajstić information content (AvgIpc) is 2.29. The highest BCUT2D eigenvalue weighted by atomic mass is 79.9. The number of rotatable bonds is 3. The molecule has 0 atom stereocenters. The molecule has 0 unspecified atom stereocenters. The third-order valence-electron chi connectivity index (χ3n) is 3.18. The zero-order chi connectivity index (χ0) is 12.3. The highest BCUT2D eigenvalue weighted by Crippen LogP contribution is 2.23. The molecule has 1 saturated heterocycles. The first-order chi connectivity index (χ1) is 8.15. The quantitative estimate of drug-likeness (QED) is 0.799. The van der Waals surface area contributed by atoms with Crippen LogP contribution in [0.4, 0.5) is 5.82 Å². The second-order valence-electron chi connectivity index (χ2n) is 4.89. The number of hydrogen-bond donors (Lipinski definition) is 0. The zero-order valence-electron chi connectivity index (χ0n) is 10.4. The summed E-state index contributed by atoms with van der Waals surface area (Å²) in [6.07, 6.45) is 4.12. The molecule has 0 aromatic carbocycles. The van der Waals surface area contributed by atoms with E-state index in [-0.39, 0.29) is 0 Å². The van der Waals surface area contributed by atoms with Crippen LogP contribution in [0.1, 0.15) is 12.8 Å². The van der Waals surface area contributed by atoms with Gasteiger partial charge in [0.15, 0.2) is 0 Å². The Bertz CT molecular complexity index is 361. The van der Waals surface area contributed by atoms with E-state index in [9.17, 15) is 0 Å². The van der Waals surface area contributed by atoms with E-state index in [2.05, 4.69) is 49.8 Å². The predicted molar refractivity (Wildman–Crippen MR) is 73.2 cm³/mol. The molecule has 1 aromatic rings. The molecule has 5 heteroatoms. The van der Waals surface area contributed by atoms with E-state index < -0.39 is 0 Å². The summed E-state index contributed by atoms with van der Waals surface area (Å²) in [6.45, 7) is 3.39. The van der Waals surface area contributed by atoms with Crippen LogP contribution in [0, 0.1) is 5.92 Å². The Morgan fingerprint density at radius 2 is 2.06 bits per heavy atom. The number of hydrogen-bond acceptors (Lipinski definition) is 4. The van der Waals surface area contributed by atoms with Crippen LogP contribution in [-0.2, 0) is 0 Å². The van der Waals surface area contributed by atoms with Crippen molar-refractivity contribution in [3.8, 4) is 0 Å². The van der Waals surface area contributed by atoms with Gasteiger partial charge in [-0.15, -0.1) is 0 Å². The summed E-state index contributed by atoms with van der Waals surface area (Å²) in [4.78, 5) is 13.0. The normalized spacial score (nSPS) is 17.8. The Morgan fingerprint density at radius 1 is 1.35 bits per heavy atom. The third-order valence-corrected chi connectivity index (χ3v) is 3.61. The fourth-order valence-electron chi connectivity index (χ4n) is 2.36. The van der Waals surface area contributed by atoms with Crippen LogP contribution in [0.3, 0.4) is 0 Å². The van der Waals surface area contributed by atoms with Crippen LogP contribution >= 0.6 is 15.9 Å². The summed E-state index contributed by atoms with van der Waals surface area (Å²) in [6, 6.07) is 1.99. The van der Waals surface area contributed by atoms with Gasteiger partial charge in [-0.3, -0.25) is 0 Å². The van der Waals surface area contributed by atoms with E-state index in [1.165, 1.54) is 19.4 Å². The van der Waals surface area contributed by atoms with Gasteiger partial charge in [0.25, 0.3) is 0 Å². The third kappa shape index (κ3) is 3.64. The van der Waals surface area contributed by atoms with Crippen molar-refractivity contribution in [2.24, 2.45) is 5.92 Å². The van der Waals surface area contributed by atoms with Crippen molar-refractivity contribution >= 4 is 21.7 Å². The molecule has 0 amide bonds. The fraction of sp³-hybridized carbons (Fsp3) is 0.667. The van der Waals surface area contributed by atoms with E-state index in [4.69, 9.17) is 0 Å². The van der Waals surface area contributed by atoms with Crippen molar-refractivity contribution in [2.45, 2.75) is 12.8 Å². The molecule has 1 fully saturated rings. The molecule has 1 aromatic heterocycles. The van der Waals surface area contributed by atoms with Gasteiger partial charge in [0.05, 0.1) is 0 Å². The van der Waals surface area contributed by atoms with Gasteiger partial charge in [-0.2, -0.15) is 0 Å². The standard InChI is InChI=1S/C12H19BrN4/c1-16(2)8-10-3-5-17(6-4-10)12-7-11(13)14-9-15-12/h7,9-10H,3-6,8H2,1-2H3. The smallest absolute Gasteiger partial charge is 0.133 e. The molecule has 2 rings (SSSR count). The second kappa shape index (κ2) is 5.78. The maximum atomic E-state index is 4.32. The summed E-state index contributed by atoms with van der Waals surface area (Å²) >= 11 is 3.39. The van der Waals surface area contributed by atoms with Gasteiger partial charge in [-0.05, 0) is 48.8 Å². The van der Waals surface area contributed by atoms with E-state index in [1.54, 1.807) is 6.33 Å². The molecule has 1 aliphatic heterocycles. The molecular weight excluding hydrogens is 280 g/mol. The highest BCUT2D eigenvalue weighted by molar-refractivity contribution is 9.10. The van der Waals surface area contributed by atoms with Gasteiger partial charge in [-0.25, -0.2) is 9.97 Å². The number of halogens is 1. The Kier molecular flexibility index (Phi) is 4.34. The summed E-state index contributed by atoms with van der Waals surface area (Å²) in [7, 11) is 4.29. The van der Waals surface area contributed by atoms with Crippen molar-refractivity contribution in [1.29, 1.82) is 0 Å². The van der Waals surface area contributed by atoms with Crippen molar-refractivity contribution in [3.05, 3.63) is 17.0 Å². The van der Waals surface area contributed by atoms with Crippen LogP contribution in [0.5, 0.6) is 0 Å². The maximum absolute atomic E-state index is 4.32.